The van der Waals surface area contributed by atoms with Gasteiger partial charge in [0.25, 0.3) is 0 Å². The molecule has 2 fully saturated rings. The van der Waals surface area contributed by atoms with Crippen molar-refractivity contribution in [3.05, 3.63) is 11.8 Å². The van der Waals surface area contributed by atoms with Crippen LogP contribution in [0.3, 0.4) is 0 Å². The van der Waals surface area contributed by atoms with Crippen molar-refractivity contribution in [3.63, 3.8) is 0 Å². The number of nitrogens with two attached hydrogens (primary N) is 1. The molecule has 3 N–H and O–H groups in total. The predicted octanol–water partition coefficient (Wildman–Crippen LogP) is 2.58. The quantitative estimate of drug-likeness (QED) is 0.868. The Balaban J connectivity index is 0.00000208. The Morgan fingerprint density at radius 1 is 1.38 bits per heavy atom. The summed E-state index contributed by atoms with van der Waals surface area (Å²) < 4.78 is 7.16. The van der Waals surface area contributed by atoms with Crippen molar-refractivity contribution < 1.29 is 9.53 Å². The Labute approximate surface area is 149 Å². The van der Waals surface area contributed by atoms with E-state index in [9.17, 15) is 4.79 Å². The SMILES string of the molecule is Cl.Cn1nc(C2CCCCC2)cc1NC(=O)C1(CN)CCOCC1. The summed E-state index contributed by atoms with van der Waals surface area (Å²) in [6, 6.07) is 2.04. The van der Waals surface area contributed by atoms with E-state index in [1.54, 1.807) is 4.68 Å². The van der Waals surface area contributed by atoms with E-state index in [-0.39, 0.29) is 18.3 Å². The van der Waals surface area contributed by atoms with Crippen LogP contribution in [0.4, 0.5) is 5.82 Å². The number of hydrogen-bond donors (Lipinski definition) is 2. The second-order valence-electron chi connectivity index (χ2n) is 6.96. The number of ether oxygens (including phenoxy) is 1. The van der Waals surface area contributed by atoms with Gasteiger partial charge in [0.2, 0.25) is 5.91 Å². The van der Waals surface area contributed by atoms with Gasteiger partial charge in [0, 0.05) is 38.8 Å². The number of amides is 1. The number of nitrogens with one attached hydrogen (secondary N) is 1. The van der Waals surface area contributed by atoms with Gasteiger partial charge in [-0.2, -0.15) is 5.10 Å². The van der Waals surface area contributed by atoms with Crippen molar-refractivity contribution in [1.82, 2.24) is 9.78 Å². The van der Waals surface area contributed by atoms with Crippen LogP contribution in [0.1, 0.15) is 56.6 Å². The monoisotopic (exact) mass is 356 g/mol. The third-order valence-electron chi connectivity index (χ3n) is 5.49. The minimum Gasteiger partial charge on any atom is -0.381 e. The lowest BCUT2D eigenvalue weighted by atomic mass is 9.79. The number of hydrogen-bond acceptors (Lipinski definition) is 4. The third kappa shape index (κ3) is 3.92. The molecule has 1 aliphatic heterocycles. The summed E-state index contributed by atoms with van der Waals surface area (Å²) in [7, 11) is 1.89. The Kier molecular flexibility index (Phi) is 6.66. The zero-order valence-electron chi connectivity index (χ0n) is 14.4. The fraction of sp³-hybridized carbons (Fsp3) is 0.765. The fourth-order valence-electron chi connectivity index (χ4n) is 3.74. The van der Waals surface area contributed by atoms with Gasteiger partial charge in [-0.15, -0.1) is 12.4 Å². The number of aryl methyl sites for hydroxylation is 1. The number of halogens is 1. The van der Waals surface area contributed by atoms with E-state index in [0.29, 0.717) is 38.5 Å². The Morgan fingerprint density at radius 3 is 2.67 bits per heavy atom. The average Bonchev–Trinajstić information content (AvgIpc) is 2.97. The lowest BCUT2D eigenvalue weighted by Crippen LogP contribution is -2.46. The van der Waals surface area contributed by atoms with Gasteiger partial charge in [-0.05, 0) is 25.7 Å². The minimum atomic E-state index is -0.506. The molecule has 1 aromatic heterocycles. The molecule has 2 heterocycles. The third-order valence-corrected chi connectivity index (χ3v) is 5.49. The highest BCUT2D eigenvalue weighted by molar-refractivity contribution is 5.95. The molecule has 0 unspecified atom stereocenters. The Bertz CT molecular complexity index is 549. The average molecular weight is 357 g/mol. The summed E-state index contributed by atoms with van der Waals surface area (Å²) in [5.74, 6) is 1.31. The first-order valence-electron chi connectivity index (χ1n) is 8.78. The van der Waals surface area contributed by atoms with Crippen LogP contribution in [0, 0.1) is 5.41 Å². The summed E-state index contributed by atoms with van der Waals surface area (Å²) >= 11 is 0. The highest BCUT2D eigenvalue weighted by Gasteiger charge is 2.39. The van der Waals surface area contributed by atoms with Crippen LogP contribution in [0.15, 0.2) is 6.07 Å². The zero-order chi connectivity index (χ0) is 16.3. The maximum atomic E-state index is 12.8. The molecule has 1 aromatic rings. The topological polar surface area (TPSA) is 82.2 Å². The van der Waals surface area contributed by atoms with E-state index >= 15 is 0 Å². The van der Waals surface area contributed by atoms with Crippen LogP contribution in [0.5, 0.6) is 0 Å². The molecule has 1 amide bonds. The van der Waals surface area contributed by atoms with E-state index in [0.717, 1.165) is 11.5 Å². The van der Waals surface area contributed by atoms with Crippen LogP contribution in [0.25, 0.3) is 0 Å². The number of carbonyl (C=O) groups is 1. The second-order valence-corrected chi connectivity index (χ2v) is 6.96. The second kappa shape index (κ2) is 8.32. The van der Waals surface area contributed by atoms with Crippen LogP contribution in [-0.2, 0) is 16.6 Å². The van der Waals surface area contributed by atoms with Crippen LogP contribution in [-0.4, -0.2) is 35.4 Å². The lowest BCUT2D eigenvalue weighted by molar-refractivity contribution is -0.130. The van der Waals surface area contributed by atoms with E-state index < -0.39 is 5.41 Å². The van der Waals surface area contributed by atoms with Crippen molar-refractivity contribution in [2.24, 2.45) is 18.2 Å². The van der Waals surface area contributed by atoms with E-state index in [4.69, 9.17) is 10.5 Å². The molecule has 2 aliphatic rings. The highest BCUT2D eigenvalue weighted by Crippen LogP contribution is 2.34. The lowest BCUT2D eigenvalue weighted by Gasteiger charge is -2.34. The van der Waals surface area contributed by atoms with Gasteiger partial charge in [0.05, 0.1) is 11.1 Å². The molecule has 1 saturated heterocycles. The smallest absolute Gasteiger partial charge is 0.233 e. The predicted molar refractivity (Wildman–Crippen MR) is 96.5 cm³/mol. The Morgan fingerprint density at radius 2 is 2.04 bits per heavy atom. The molecule has 0 atom stereocenters. The molecular weight excluding hydrogens is 328 g/mol. The zero-order valence-corrected chi connectivity index (χ0v) is 15.2. The summed E-state index contributed by atoms with van der Waals surface area (Å²) in [5, 5.41) is 7.68. The van der Waals surface area contributed by atoms with Gasteiger partial charge in [0.1, 0.15) is 5.82 Å². The molecule has 136 valence electrons. The van der Waals surface area contributed by atoms with E-state index in [2.05, 4.69) is 10.4 Å². The number of rotatable bonds is 4. The molecule has 7 heteroatoms. The van der Waals surface area contributed by atoms with Crippen molar-refractivity contribution in [1.29, 1.82) is 0 Å². The number of nitrogens with zero attached hydrogens (tertiary/aromatic N) is 2. The van der Waals surface area contributed by atoms with Gasteiger partial charge in [0.15, 0.2) is 0 Å². The highest BCUT2D eigenvalue weighted by atomic mass is 35.5. The summed E-state index contributed by atoms with van der Waals surface area (Å²) in [6.45, 7) is 1.56. The molecule has 0 spiro atoms. The molecule has 1 saturated carbocycles. The molecule has 6 nitrogen and oxygen atoms in total. The van der Waals surface area contributed by atoms with Gasteiger partial charge in [-0.1, -0.05) is 19.3 Å². The molecule has 3 rings (SSSR count). The van der Waals surface area contributed by atoms with E-state index in [1.807, 2.05) is 13.1 Å². The summed E-state index contributed by atoms with van der Waals surface area (Å²) in [6.07, 6.45) is 7.65. The molecule has 0 aromatic carbocycles. The first kappa shape index (κ1) is 19.2. The van der Waals surface area contributed by atoms with Crippen LogP contribution < -0.4 is 11.1 Å². The maximum Gasteiger partial charge on any atom is 0.233 e. The number of carbonyl (C=O) groups excluding carboxylic acids is 1. The molecule has 1 aliphatic carbocycles. The molecule has 24 heavy (non-hydrogen) atoms. The maximum absolute atomic E-state index is 12.8. The summed E-state index contributed by atoms with van der Waals surface area (Å²) in [5.41, 5.74) is 6.52. The van der Waals surface area contributed by atoms with Crippen LogP contribution in [0.2, 0.25) is 0 Å². The van der Waals surface area contributed by atoms with Gasteiger partial charge in [-0.25, -0.2) is 0 Å². The van der Waals surface area contributed by atoms with Gasteiger partial charge in [-0.3, -0.25) is 9.48 Å². The minimum absolute atomic E-state index is 0. The molecular formula is C17H29ClN4O2. The molecule has 0 radical (unpaired) electrons. The first-order chi connectivity index (χ1) is 11.1. The van der Waals surface area contributed by atoms with Crippen molar-refractivity contribution in [2.45, 2.75) is 50.9 Å². The van der Waals surface area contributed by atoms with Crippen molar-refractivity contribution in [2.75, 3.05) is 25.1 Å². The first-order valence-corrected chi connectivity index (χ1v) is 8.78. The van der Waals surface area contributed by atoms with Gasteiger partial charge < -0.3 is 15.8 Å². The van der Waals surface area contributed by atoms with Crippen molar-refractivity contribution >= 4 is 24.1 Å². The molecule has 0 bridgehead atoms. The summed E-state index contributed by atoms with van der Waals surface area (Å²) in [4.78, 5) is 12.8. The normalized spacial score (nSPS) is 21.1. The standard InChI is InChI=1S/C17H28N4O2.ClH/c1-21-15(11-14(20-21)13-5-3-2-4-6-13)19-16(22)17(12-18)7-9-23-10-8-17;/h11,13H,2-10,12,18H2,1H3,(H,19,22);1H. The van der Waals surface area contributed by atoms with E-state index in [1.165, 1.54) is 32.1 Å². The number of anilines is 1. The Hall–Kier alpha value is -1.11. The van der Waals surface area contributed by atoms with Crippen molar-refractivity contribution in [3.8, 4) is 0 Å². The fourth-order valence-corrected chi connectivity index (χ4v) is 3.74. The van der Waals surface area contributed by atoms with Gasteiger partial charge >= 0.3 is 0 Å². The number of aromatic nitrogens is 2. The largest absolute Gasteiger partial charge is 0.381 e. The van der Waals surface area contributed by atoms with Crippen LogP contribution >= 0.6 is 12.4 Å².